The molecule has 0 fully saturated rings. The Morgan fingerprint density at radius 3 is 2.85 bits per heavy atom. The lowest BCUT2D eigenvalue weighted by molar-refractivity contribution is -0.131. The van der Waals surface area contributed by atoms with E-state index in [-0.39, 0.29) is 5.91 Å². The highest BCUT2D eigenvalue weighted by molar-refractivity contribution is 7.15. The molecular formula is C14H19NO4S. The number of nitrogens with one attached hydrogen (secondary N) is 1. The van der Waals surface area contributed by atoms with Crippen molar-refractivity contribution >= 4 is 29.3 Å². The van der Waals surface area contributed by atoms with E-state index in [1.165, 1.54) is 17.4 Å². The molecule has 1 amide bonds. The van der Waals surface area contributed by atoms with Gasteiger partial charge >= 0.3 is 5.97 Å². The Hall–Kier alpha value is -1.66. The van der Waals surface area contributed by atoms with Gasteiger partial charge in [0.15, 0.2) is 0 Å². The summed E-state index contributed by atoms with van der Waals surface area (Å²) in [5.41, 5.74) is 0.900. The fraction of sp³-hybridized carbons (Fsp3) is 0.429. The minimum absolute atomic E-state index is 0.120. The lowest BCUT2D eigenvalue weighted by atomic mass is 10.2. The summed E-state index contributed by atoms with van der Waals surface area (Å²) in [7, 11) is 1.65. The van der Waals surface area contributed by atoms with Gasteiger partial charge in [-0.05, 0) is 37.5 Å². The number of ether oxygens (including phenoxy) is 1. The highest BCUT2D eigenvalue weighted by Gasteiger charge is 2.10. The largest absolute Gasteiger partial charge is 0.478 e. The normalized spacial score (nSPS) is 10.9. The van der Waals surface area contributed by atoms with Gasteiger partial charge in [0.1, 0.15) is 0 Å². The summed E-state index contributed by atoms with van der Waals surface area (Å²) >= 11 is 1.29. The van der Waals surface area contributed by atoms with E-state index in [0.29, 0.717) is 18.0 Å². The van der Waals surface area contributed by atoms with Crippen LogP contribution >= 0.6 is 11.3 Å². The van der Waals surface area contributed by atoms with Crippen LogP contribution in [-0.4, -0.2) is 37.2 Å². The Morgan fingerprint density at radius 1 is 1.45 bits per heavy atom. The summed E-state index contributed by atoms with van der Waals surface area (Å²) < 4.78 is 4.93. The average Bonchev–Trinajstić information content (AvgIpc) is 2.77. The average molecular weight is 297 g/mol. The van der Waals surface area contributed by atoms with Gasteiger partial charge in [0.05, 0.1) is 4.88 Å². The van der Waals surface area contributed by atoms with Gasteiger partial charge in [-0.2, -0.15) is 0 Å². The number of hydrogen-bond acceptors (Lipinski definition) is 4. The van der Waals surface area contributed by atoms with Crippen molar-refractivity contribution < 1.29 is 19.4 Å². The molecule has 1 aromatic heterocycles. The smallest absolute Gasteiger partial charge is 0.328 e. The molecule has 20 heavy (non-hydrogen) atoms. The molecule has 0 spiro atoms. The van der Waals surface area contributed by atoms with Crippen LogP contribution in [0.25, 0.3) is 6.08 Å². The molecule has 0 unspecified atom stereocenters. The van der Waals surface area contributed by atoms with E-state index in [9.17, 15) is 9.59 Å². The van der Waals surface area contributed by atoms with E-state index in [1.807, 2.05) is 6.92 Å². The molecule has 1 heterocycles. The third-order valence-electron chi connectivity index (χ3n) is 2.62. The van der Waals surface area contributed by atoms with Crippen LogP contribution in [0, 0.1) is 6.92 Å². The van der Waals surface area contributed by atoms with Gasteiger partial charge in [0.2, 0.25) is 0 Å². The number of methoxy groups -OCH3 is 1. The van der Waals surface area contributed by atoms with Crippen molar-refractivity contribution in [3.8, 4) is 0 Å². The van der Waals surface area contributed by atoms with Crippen molar-refractivity contribution in [1.82, 2.24) is 5.32 Å². The van der Waals surface area contributed by atoms with E-state index < -0.39 is 5.97 Å². The van der Waals surface area contributed by atoms with Gasteiger partial charge in [0, 0.05) is 31.2 Å². The monoisotopic (exact) mass is 297 g/mol. The van der Waals surface area contributed by atoms with E-state index >= 15 is 0 Å². The summed E-state index contributed by atoms with van der Waals surface area (Å²) in [4.78, 5) is 23.8. The number of amides is 1. The molecule has 0 aliphatic heterocycles. The number of carbonyl (C=O) groups excluding carboxylic acids is 1. The molecule has 0 atom stereocenters. The number of hydrogen-bond donors (Lipinski definition) is 2. The Labute approximate surface area is 122 Å². The number of aryl methyl sites for hydroxylation is 1. The summed E-state index contributed by atoms with van der Waals surface area (Å²) in [5.74, 6) is -1.12. The van der Waals surface area contributed by atoms with Gasteiger partial charge < -0.3 is 15.2 Å². The molecule has 0 aromatic carbocycles. The maximum Gasteiger partial charge on any atom is 0.328 e. The molecule has 1 rings (SSSR count). The van der Waals surface area contributed by atoms with E-state index in [4.69, 9.17) is 9.84 Å². The molecule has 0 aliphatic carbocycles. The van der Waals surface area contributed by atoms with Crippen LogP contribution in [-0.2, 0) is 9.53 Å². The second-order valence-corrected chi connectivity index (χ2v) is 5.37. The molecule has 110 valence electrons. The Morgan fingerprint density at radius 2 is 2.20 bits per heavy atom. The standard InChI is InChI=1S/C14H19NO4S/c1-10-9-12(20-11(10)5-6-13(16)17)14(18)15-7-3-4-8-19-2/h5-6,9H,3-4,7-8H2,1-2H3,(H,15,18)(H,16,17)/b6-5+. The zero-order valence-corrected chi connectivity index (χ0v) is 12.5. The molecule has 0 aliphatic rings. The number of thiophene rings is 1. The molecule has 0 saturated carbocycles. The van der Waals surface area contributed by atoms with Crippen molar-refractivity contribution in [3.05, 3.63) is 27.5 Å². The molecule has 2 N–H and O–H groups in total. The van der Waals surface area contributed by atoms with Gasteiger partial charge in [0.25, 0.3) is 5.91 Å². The van der Waals surface area contributed by atoms with Crippen molar-refractivity contribution in [2.75, 3.05) is 20.3 Å². The predicted octanol–water partition coefficient (Wildman–Crippen LogP) is 2.31. The molecular weight excluding hydrogens is 278 g/mol. The van der Waals surface area contributed by atoms with E-state index in [2.05, 4.69) is 5.32 Å². The van der Waals surface area contributed by atoms with Crippen LogP contribution in [0.2, 0.25) is 0 Å². The Balaban J connectivity index is 2.52. The van der Waals surface area contributed by atoms with Gasteiger partial charge in [-0.1, -0.05) is 0 Å². The lowest BCUT2D eigenvalue weighted by Gasteiger charge is -2.02. The second-order valence-electron chi connectivity index (χ2n) is 4.29. The topological polar surface area (TPSA) is 75.6 Å². The van der Waals surface area contributed by atoms with Crippen LogP contribution < -0.4 is 5.32 Å². The molecule has 5 nitrogen and oxygen atoms in total. The van der Waals surface area contributed by atoms with Crippen molar-refractivity contribution in [1.29, 1.82) is 0 Å². The number of carboxylic acid groups (broad SMARTS) is 1. The quantitative estimate of drug-likeness (QED) is 0.570. The zero-order valence-electron chi connectivity index (χ0n) is 11.6. The van der Waals surface area contributed by atoms with Gasteiger partial charge in [-0.15, -0.1) is 11.3 Å². The predicted molar refractivity (Wildman–Crippen MR) is 79.2 cm³/mol. The van der Waals surface area contributed by atoms with Crippen molar-refractivity contribution in [2.24, 2.45) is 0 Å². The third-order valence-corrected chi connectivity index (χ3v) is 3.82. The van der Waals surface area contributed by atoms with Gasteiger partial charge in [-0.25, -0.2) is 4.79 Å². The number of unbranched alkanes of at least 4 members (excludes halogenated alkanes) is 1. The second kappa shape index (κ2) is 8.50. The zero-order chi connectivity index (χ0) is 15.0. The van der Waals surface area contributed by atoms with E-state index in [0.717, 1.165) is 29.4 Å². The van der Waals surface area contributed by atoms with Crippen molar-refractivity contribution in [3.63, 3.8) is 0 Å². The number of carbonyl (C=O) groups is 2. The lowest BCUT2D eigenvalue weighted by Crippen LogP contribution is -2.23. The van der Waals surface area contributed by atoms with Crippen LogP contribution in [0.1, 0.15) is 33.0 Å². The minimum Gasteiger partial charge on any atom is -0.478 e. The first-order chi connectivity index (χ1) is 9.54. The van der Waals surface area contributed by atoms with Crippen molar-refractivity contribution in [2.45, 2.75) is 19.8 Å². The third kappa shape index (κ3) is 5.54. The first-order valence-corrected chi connectivity index (χ1v) is 7.15. The Kier molecular flexibility index (Phi) is 6.97. The summed E-state index contributed by atoms with van der Waals surface area (Å²) in [6.07, 6.45) is 4.37. The molecule has 0 bridgehead atoms. The maximum absolute atomic E-state index is 11.9. The highest BCUT2D eigenvalue weighted by atomic mass is 32.1. The summed E-state index contributed by atoms with van der Waals surface area (Å²) in [6, 6.07) is 1.77. The SMILES string of the molecule is COCCCCNC(=O)c1cc(C)c(/C=C/C(=O)O)s1. The number of rotatable bonds is 8. The fourth-order valence-corrected chi connectivity index (χ4v) is 2.57. The van der Waals surface area contributed by atoms with E-state index in [1.54, 1.807) is 13.2 Å². The maximum atomic E-state index is 11.9. The molecule has 1 aromatic rings. The number of aliphatic carboxylic acids is 1. The van der Waals surface area contributed by atoms with Crippen LogP contribution in [0.4, 0.5) is 0 Å². The summed E-state index contributed by atoms with van der Waals surface area (Å²) in [5, 5.41) is 11.4. The van der Waals surface area contributed by atoms with Gasteiger partial charge in [-0.3, -0.25) is 4.79 Å². The van der Waals surface area contributed by atoms with Crippen LogP contribution in [0.15, 0.2) is 12.1 Å². The molecule has 0 radical (unpaired) electrons. The fourth-order valence-electron chi connectivity index (χ4n) is 1.58. The minimum atomic E-state index is -0.998. The first-order valence-electron chi connectivity index (χ1n) is 6.33. The summed E-state index contributed by atoms with van der Waals surface area (Å²) in [6.45, 7) is 3.16. The van der Waals surface area contributed by atoms with Crippen LogP contribution in [0.3, 0.4) is 0 Å². The number of carboxylic acids is 1. The first kappa shape index (κ1) is 16.4. The Bertz CT molecular complexity index is 493. The highest BCUT2D eigenvalue weighted by Crippen LogP contribution is 2.23. The molecule has 6 heteroatoms. The molecule has 0 saturated heterocycles. The van der Waals surface area contributed by atoms with Crippen LogP contribution in [0.5, 0.6) is 0 Å².